The van der Waals surface area contributed by atoms with Gasteiger partial charge in [-0.1, -0.05) is 18.2 Å². The van der Waals surface area contributed by atoms with E-state index in [0.717, 1.165) is 49.3 Å². The fraction of sp³-hybridized carbons (Fsp3) is 0.375. The molecule has 5 nitrogen and oxygen atoms in total. The van der Waals surface area contributed by atoms with Crippen LogP contribution in [0.15, 0.2) is 36.4 Å². The van der Waals surface area contributed by atoms with Crippen molar-refractivity contribution in [2.45, 2.75) is 13.5 Å². The highest BCUT2D eigenvalue weighted by Gasteiger charge is 2.13. The monoisotopic (exact) mass is 284 g/mol. The minimum absolute atomic E-state index is 0.394. The van der Waals surface area contributed by atoms with E-state index in [1.54, 1.807) is 0 Å². The molecule has 5 heteroatoms. The first-order chi connectivity index (χ1) is 10.3. The maximum Gasteiger partial charge on any atom is 0.168 e. The zero-order chi connectivity index (χ0) is 14.5. The van der Waals surface area contributed by atoms with Gasteiger partial charge in [-0.3, -0.25) is 0 Å². The molecular formula is C16H20N4O. The zero-order valence-corrected chi connectivity index (χ0v) is 12.2. The highest BCUT2D eigenvalue weighted by molar-refractivity contribution is 5.40. The van der Waals surface area contributed by atoms with Gasteiger partial charge in [0, 0.05) is 37.9 Å². The Labute approximate surface area is 125 Å². The Bertz CT molecular complexity index is 582. The lowest BCUT2D eigenvalue weighted by molar-refractivity contribution is 0.295. The SMILES string of the molecule is Cc1cc(N2CCNCC2)nc(COc2ccccc2)n1. The molecule has 1 saturated heterocycles. The normalized spacial score (nSPS) is 15.0. The van der Waals surface area contributed by atoms with Gasteiger partial charge in [-0.15, -0.1) is 0 Å². The van der Waals surface area contributed by atoms with Crippen LogP contribution in [0.5, 0.6) is 5.75 Å². The third kappa shape index (κ3) is 3.70. The molecule has 1 fully saturated rings. The number of hydrogen-bond donors (Lipinski definition) is 1. The summed E-state index contributed by atoms with van der Waals surface area (Å²) in [7, 11) is 0. The van der Waals surface area contributed by atoms with Crippen LogP contribution in [0, 0.1) is 6.92 Å². The fourth-order valence-electron chi connectivity index (χ4n) is 2.40. The van der Waals surface area contributed by atoms with Gasteiger partial charge in [-0.25, -0.2) is 9.97 Å². The van der Waals surface area contributed by atoms with E-state index in [1.807, 2.05) is 43.3 Å². The van der Waals surface area contributed by atoms with E-state index in [0.29, 0.717) is 6.61 Å². The molecule has 0 amide bonds. The number of rotatable bonds is 4. The Morgan fingerprint density at radius 3 is 2.67 bits per heavy atom. The number of hydrogen-bond acceptors (Lipinski definition) is 5. The van der Waals surface area contributed by atoms with E-state index < -0.39 is 0 Å². The average Bonchev–Trinajstić information content (AvgIpc) is 2.54. The first kappa shape index (κ1) is 13.8. The predicted octanol–water partition coefficient (Wildman–Crippen LogP) is 1.77. The molecule has 0 unspecified atom stereocenters. The van der Waals surface area contributed by atoms with E-state index in [4.69, 9.17) is 4.74 Å². The number of ether oxygens (including phenoxy) is 1. The Kier molecular flexibility index (Phi) is 4.31. The third-order valence-corrected chi connectivity index (χ3v) is 3.44. The number of para-hydroxylation sites is 1. The molecule has 2 heterocycles. The Morgan fingerprint density at radius 2 is 1.90 bits per heavy atom. The van der Waals surface area contributed by atoms with Gasteiger partial charge in [0.05, 0.1) is 0 Å². The second-order valence-electron chi connectivity index (χ2n) is 5.12. The summed E-state index contributed by atoms with van der Waals surface area (Å²) in [4.78, 5) is 11.4. The molecule has 2 aromatic rings. The first-order valence-electron chi connectivity index (χ1n) is 7.29. The van der Waals surface area contributed by atoms with Gasteiger partial charge in [-0.2, -0.15) is 0 Å². The number of nitrogens with zero attached hydrogens (tertiary/aromatic N) is 3. The van der Waals surface area contributed by atoms with E-state index in [9.17, 15) is 0 Å². The Morgan fingerprint density at radius 1 is 1.14 bits per heavy atom. The number of anilines is 1. The summed E-state index contributed by atoms with van der Waals surface area (Å²) in [6.07, 6.45) is 0. The maximum atomic E-state index is 5.73. The fourth-order valence-corrected chi connectivity index (χ4v) is 2.40. The number of nitrogens with one attached hydrogen (secondary N) is 1. The molecular weight excluding hydrogens is 264 g/mol. The quantitative estimate of drug-likeness (QED) is 0.927. The van der Waals surface area contributed by atoms with Crippen LogP contribution in [0.2, 0.25) is 0 Å². The molecule has 1 N–H and O–H groups in total. The van der Waals surface area contributed by atoms with Crippen molar-refractivity contribution in [3.8, 4) is 5.75 Å². The smallest absolute Gasteiger partial charge is 0.168 e. The summed E-state index contributed by atoms with van der Waals surface area (Å²) in [5.41, 5.74) is 0.977. The van der Waals surface area contributed by atoms with Gasteiger partial charge in [-0.05, 0) is 19.1 Å². The molecule has 0 aliphatic carbocycles. The summed E-state index contributed by atoms with van der Waals surface area (Å²) in [6, 6.07) is 11.8. The van der Waals surface area contributed by atoms with Crippen LogP contribution in [-0.4, -0.2) is 36.1 Å². The Balaban J connectivity index is 1.71. The molecule has 110 valence electrons. The van der Waals surface area contributed by atoms with E-state index in [-0.39, 0.29) is 0 Å². The second-order valence-corrected chi connectivity index (χ2v) is 5.12. The molecule has 0 saturated carbocycles. The molecule has 0 spiro atoms. The summed E-state index contributed by atoms with van der Waals surface area (Å²) in [5, 5.41) is 3.35. The molecule has 1 aliphatic heterocycles. The number of aromatic nitrogens is 2. The second kappa shape index (κ2) is 6.54. The molecule has 0 bridgehead atoms. The van der Waals surface area contributed by atoms with Crippen LogP contribution in [0.4, 0.5) is 5.82 Å². The largest absolute Gasteiger partial charge is 0.486 e. The summed E-state index contributed by atoms with van der Waals surface area (Å²) in [6.45, 7) is 6.35. The standard InChI is InChI=1S/C16H20N4O/c1-13-11-16(20-9-7-17-8-10-20)19-15(18-13)12-21-14-5-3-2-4-6-14/h2-6,11,17H,7-10,12H2,1H3. The van der Waals surface area contributed by atoms with Crippen molar-refractivity contribution >= 4 is 5.82 Å². The highest BCUT2D eigenvalue weighted by atomic mass is 16.5. The van der Waals surface area contributed by atoms with Gasteiger partial charge in [0.2, 0.25) is 0 Å². The van der Waals surface area contributed by atoms with E-state index in [1.165, 1.54) is 0 Å². The van der Waals surface area contributed by atoms with Crippen LogP contribution in [0.25, 0.3) is 0 Å². The van der Waals surface area contributed by atoms with Gasteiger partial charge in [0.25, 0.3) is 0 Å². The highest BCUT2D eigenvalue weighted by Crippen LogP contribution is 2.15. The van der Waals surface area contributed by atoms with Crippen LogP contribution >= 0.6 is 0 Å². The van der Waals surface area contributed by atoms with Crippen LogP contribution in [-0.2, 0) is 6.61 Å². The topological polar surface area (TPSA) is 50.3 Å². The van der Waals surface area contributed by atoms with E-state index in [2.05, 4.69) is 20.2 Å². The summed E-state index contributed by atoms with van der Waals surface area (Å²) < 4.78 is 5.73. The molecule has 3 rings (SSSR count). The van der Waals surface area contributed by atoms with Crippen molar-refractivity contribution in [3.05, 3.63) is 47.9 Å². The average molecular weight is 284 g/mol. The lowest BCUT2D eigenvalue weighted by Crippen LogP contribution is -2.44. The van der Waals surface area contributed by atoms with Gasteiger partial charge < -0.3 is 15.0 Å². The molecule has 0 radical (unpaired) electrons. The maximum absolute atomic E-state index is 5.73. The first-order valence-corrected chi connectivity index (χ1v) is 7.29. The molecule has 1 aliphatic rings. The minimum Gasteiger partial charge on any atom is -0.486 e. The number of piperazine rings is 1. The predicted molar refractivity (Wildman–Crippen MR) is 82.6 cm³/mol. The van der Waals surface area contributed by atoms with Gasteiger partial charge >= 0.3 is 0 Å². The van der Waals surface area contributed by atoms with Crippen LogP contribution in [0.1, 0.15) is 11.5 Å². The van der Waals surface area contributed by atoms with Crippen molar-refractivity contribution in [1.82, 2.24) is 15.3 Å². The van der Waals surface area contributed by atoms with Crippen molar-refractivity contribution in [1.29, 1.82) is 0 Å². The molecule has 1 aromatic carbocycles. The van der Waals surface area contributed by atoms with E-state index >= 15 is 0 Å². The van der Waals surface area contributed by atoms with Crippen molar-refractivity contribution in [2.75, 3.05) is 31.1 Å². The van der Waals surface area contributed by atoms with Crippen LogP contribution < -0.4 is 15.0 Å². The van der Waals surface area contributed by atoms with Crippen molar-refractivity contribution < 1.29 is 4.74 Å². The van der Waals surface area contributed by atoms with Gasteiger partial charge in [0.1, 0.15) is 18.2 Å². The number of aryl methyl sites for hydroxylation is 1. The van der Waals surface area contributed by atoms with Crippen molar-refractivity contribution in [2.24, 2.45) is 0 Å². The lowest BCUT2D eigenvalue weighted by atomic mass is 10.3. The molecule has 21 heavy (non-hydrogen) atoms. The van der Waals surface area contributed by atoms with Gasteiger partial charge in [0.15, 0.2) is 5.82 Å². The molecule has 0 atom stereocenters. The number of benzene rings is 1. The minimum atomic E-state index is 0.394. The zero-order valence-electron chi connectivity index (χ0n) is 12.2. The lowest BCUT2D eigenvalue weighted by Gasteiger charge is -2.28. The summed E-state index contributed by atoms with van der Waals surface area (Å²) >= 11 is 0. The Hall–Kier alpha value is -2.14. The van der Waals surface area contributed by atoms with Crippen molar-refractivity contribution in [3.63, 3.8) is 0 Å². The van der Waals surface area contributed by atoms with Crippen LogP contribution in [0.3, 0.4) is 0 Å². The molecule has 1 aromatic heterocycles. The third-order valence-electron chi connectivity index (χ3n) is 3.44. The summed E-state index contributed by atoms with van der Waals surface area (Å²) in [5.74, 6) is 2.56.